The third-order valence-electron chi connectivity index (χ3n) is 3.19. The second-order valence-electron chi connectivity index (χ2n) is 4.31. The van der Waals surface area contributed by atoms with Crippen LogP contribution in [0.4, 0.5) is 0 Å². The summed E-state index contributed by atoms with van der Waals surface area (Å²) in [5, 5.41) is 0. The molecular formula is C14H15N3O2. The van der Waals surface area contributed by atoms with Crippen LogP contribution < -0.4 is 9.47 Å². The molecule has 5 nitrogen and oxygen atoms in total. The summed E-state index contributed by atoms with van der Waals surface area (Å²) >= 11 is 0. The van der Waals surface area contributed by atoms with Crippen molar-refractivity contribution >= 4 is 11.0 Å². The summed E-state index contributed by atoms with van der Waals surface area (Å²) in [5.74, 6) is 1.13. The molecular weight excluding hydrogens is 242 g/mol. The maximum Gasteiger partial charge on any atom is 0.257 e. The number of hydrogen-bond donors (Lipinski definition) is 1. The molecule has 0 aliphatic rings. The number of nitrogens with one attached hydrogen (secondary N) is 1. The highest BCUT2D eigenvalue weighted by Gasteiger charge is 2.15. The minimum atomic E-state index is 0.494. The first-order valence-electron chi connectivity index (χ1n) is 5.96. The number of aromatic nitrogens is 3. The highest BCUT2D eigenvalue weighted by Crippen LogP contribution is 2.34. The van der Waals surface area contributed by atoms with Crippen LogP contribution in [0.3, 0.4) is 0 Å². The Morgan fingerprint density at radius 2 is 2.11 bits per heavy atom. The predicted molar refractivity (Wildman–Crippen MR) is 73.6 cm³/mol. The lowest BCUT2D eigenvalue weighted by molar-refractivity contribution is 0.344. The van der Waals surface area contributed by atoms with Gasteiger partial charge in [0.1, 0.15) is 5.52 Å². The first-order valence-corrected chi connectivity index (χ1v) is 5.96. The lowest BCUT2D eigenvalue weighted by atomic mass is 10.2. The van der Waals surface area contributed by atoms with E-state index in [1.165, 1.54) is 0 Å². The number of aryl methyl sites for hydroxylation is 1. The standard InChI is InChI=1S/C14H15N3O2/c1-17-8-9(10-5-4-6-15-10)13-11(17)7-12(18-2)14(16-13)19-3/h4-8,15H,1-3H3. The van der Waals surface area contributed by atoms with Crippen molar-refractivity contribution in [3.63, 3.8) is 0 Å². The van der Waals surface area contributed by atoms with Crippen molar-refractivity contribution in [2.24, 2.45) is 7.05 Å². The molecule has 3 heterocycles. The van der Waals surface area contributed by atoms with E-state index in [9.17, 15) is 0 Å². The van der Waals surface area contributed by atoms with Crippen LogP contribution in [0.1, 0.15) is 0 Å². The summed E-state index contributed by atoms with van der Waals surface area (Å²) < 4.78 is 12.6. The zero-order chi connectivity index (χ0) is 13.4. The molecule has 3 aromatic heterocycles. The average molecular weight is 257 g/mol. The zero-order valence-electron chi connectivity index (χ0n) is 11.1. The monoisotopic (exact) mass is 257 g/mol. The lowest BCUT2D eigenvalue weighted by Crippen LogP contribution is -1.95. The van der Waals surface area contributed by atoms with Gasteiger partial charge in [0.15, 0.2) is 5.75 Å². The molecule has 0 aliphatic carbocycles. The van der Waals surface area contributed by atoms with E-state index >= 15 is 0 Å². The Morgan fingerprint density at radius 3 is 2.74 bits per heavy atom. The van der Waals surface area contributed by atoms with Crippen molar-refractivity contribution in [3.05, 3.63) is 30.6 Å². The zero-order valence-corrected chi connectivity index (χ0v) is 11.1. The second-order valence-corrected chi connectivity index (χ2v) is 4.31. The minimum Gasteiger partial charge on any atom is -0.491 e. The van der Waals surface area contributed by atoms with Crippen molar-refractivity contribution in [2.75, 3.05) is 14.2 Å². The number of nitrogens with zero attached hydrogens (tertiary/aromatic N) is 2. The molecule has 0 saturated carbocycles. The predicted octanol–water partition coefficient (Wildman–Crippen LogP) is 2.59. The van der Waals surface area contributed by atoms with Crippen LogP contribution in [0.5, 0.6) is 11.6 Å². The maximum atomic E-state index is 5.29. The van der Waals surface area contributed by atoms with Crippen LogP contribution in [0.15, 0.2) is 30.6 Å². The molecule has 0 amide bonds. The SMILES string of the molecule is COc1cc2c(nc1OC)c(-c1ccc[nH]1)cn2C. The third kappa shape index (κ3) is 1.74. The first kappa shape index (κ1) is 11.6. The van der Waals surface area contributed by atoms with E-state index in [-0.39, 0.29) is 0 Å². The van der Waals surface area contributed by atoms with Gasteiger partial charge in [0.2, 0.25) is 0 Å². The van der Waals surface area contributed by atoms with Crippen LogP contribution in [0.25, 0.3) is 22.3 Å². The summed E-state index contributed by atoms with van der Waals surface area (Å²) in [6.45, 7) is 0. The van der Waals surface area contributed by atoms with Gasteiger partial charge in [-0.3, -0.25) is 0 Å². The molecule has 0 saturated heterocycles. The quantitative estimate of drug-likeness (QED) is 0.784. The van der Waals surface area contributed by atoms with Gasteiger partial charge in [-0.1, -0.05) is 0 Å². The Kier molecular flexibility index (Phi) is 2.67. The normalized spacial score (nSPS) is 10.9. The topological polar surface area (TPSA) is 52.1 Å². The van der Waals surface area contributed by atoms with Crippen LogP contribution >= 0.6 is 0 Å². The molecule has 19 heavy (non-hydrogen) atoms. The van der Waals surface area contributed by atoms with Crippen molar-refractivity contribution < 1.29 is 9.47 Å². The number of ether oxygens (including phenoxy) is 2. The van der Waals surface area contributed by atoms with Gasteiger partial charge in [0, 0.05) is 36.8 Å². The summed E-state index contributed by atoms with van der Waals surface area (Å²) in [5.41, 5.74) is 3.97. The average Bonchev–Trinajstić information content (AvgIpc) is 3.05. The van der Waals surface area contributed by atoms with E-state index in [0.29, 0.717) is 11.6 Å². The molecule has 0 fully saturated rings. The molecule has 0 unspecified atom stereocenters. The summed E-state index contributed by atoms with van der Waals surface area (Å²) in [4.78, 5) is 7.75. The second kappa shape index (κ2) is 4.35. The number of rotatable bonds is 3. The highest BCUT2D eigenvalue weighted by atomic mass is 16.5. The Balaban J connectivity index is 2.31. The molecule has 1 N–H and O–H groups in total. The maximum absolute atomic E-state index is 5.29. The van der Waals surface area contributed by atoms with Crippen molar-refractivity contribution in [1.82, 2.24) is 14.5 Å². The van der Waals surface area contributed by atoms with Crippen molar-refractivity contribution in [2.45, 2.75) is 0 Å². The molecule has 98 valence electrons. The van der Waals surface area contributed by atoms with Crippen LogP contribution in [0.2, 0.25) is 0 Å². The fraction of sp³-hybridized carbons (Fsp3) is 0.214. The summed E-state index contributed by atoms with van der Waals surface area (Å²) in [7, 11) is 5.19. The smallest absolute Gasteiger partial charge is 0.257 e. The van der Waals surface area contributed by atoms with Gasteiger partial charge in [0.25, 0.3) is 5.88 Å². The van der Waals surface area contributed by atoms with E-state index in [2.05, 4.69) is 9.97 Å². The lowest BCUT2D eigenvalue weighted by Gasteiger charge is -2.07. The van der Waals surface area contributed by atoms with Crippen molar-refractivity contribution in [3.8, 4) is 22.9 Å². The van der Waals surface area contributed by atoms with Gasteiger partial charge < -0.3 is 19.0 Å². The highest BCUT2D eigenvalue weighted by molar-refractivity contribution is 5.93. The summed E-state index contributed by atoms with van der Waals surface area (Å²) in [6, 6.07) is 5.93. The fourth-order valence-electron chi connectivity index (χ4n) is 2.25. The Labute approximate surface area is 110 Å². The molecule has 0 atom stereocenters. The van der Waals surface area contributed by atoms with Gasteiger partial charge in [-0.15, -0.1) is 0 Å². The molecule has 3 rings (SSSR count). The van der Waals surface area contributed by atoms with Crippen LogP contribution in [0, 0.1) is 0 Å². The van der Waals surface area contributed by atoms with Gasteiger partial charge in [-0.05, 0) is 12.1 Å². The minimum absolute atomic E-state index is 0.494. The number of H-pyrrole nitrogens is 1. The molecule has 0 aromatic carbocycles. The Bertz CT molecular complexity index is 714. The first-order chi connectivity index (χ1) is 9.24. The number of aromatic amines is 1. The number of fused-ring (bicyclic) bond motifs is 1. The number of methoxy groups -OCH3 is 2. The van der Waals surface area contributed by atoms with E-state index in [1.807, 2.05) is 42.2 Å². The van der Waals surface area contributed by atoms with Gasteiger partial charge in [-0.25, -0.2) is 4.98 Å². The van der Waals surface area contributed by atoms with E-state index in [1.54, 1.807) is 14.2 Å². The number of hydrogen-bond acceptors (Lipinski definition) is 3. The molecule has 5 heteroatoms. The van der Waals surface area contributed by atoms with Crippen LogP contribution in [-0.2, 0) is 7.05 Å². The fourth-order valence-corrected chi connectivity index (χ4v) is 2.25. The molecule has 0 bridgehead atoms. The molecule has 0 radical (unpaired) electrons. The van der Waals surface area contributed by atoms with Crippen molar-refractivity contribution in [1.29, 1.82) is 0 Å². The van der Waals surface area contributed by atoms with E-state index in [4.69, 9.17) is 9.47 Å². The number of pyridine rings is 1. The summed E-state index contributed by atoms with van der Waals surface area (Å²) in [6.07, 6.45) is 3.94. The Hall–Kier alpha value is -2.43. The van der Waals surface area contributed by atoms with Gasteiger partial charge in [0.05, 0.1) is 19.7 Å². The molecule has 0 aliphatic heterocycles. The van der Waals surface area contributed by atoms with Gasteiger partial charge >= 0.3 is 0 Å². The third-order valence-corrected chi connectivity index (χ3v) is 3.19. The van der Waals surface area contributed by atoms with Gasteiger partial charge in [-0.2, -0.15) is 0 Å². The molecule has 0 spiro atoms. The Morgan fingerprint density at radius 1 is 1.26 bits per heavy atom. The van der Waals surface area contributed by atoms with E-state index in [0.717, 1.165) is 22.3 Å². The van der Waals surface area contributed by atoms with Crippen LogP contribution in [-0.4, -0.2) is 28.8 Å². The van der Waals surface area contributed by atoms with E-state index < -0.39 is 0 Å². The molecule has 3 aromatic rings. The largest absolute Gasteiger partial charge is 0.491 e.